The molecular weight excluding hydrogens is 243 g/mol. The lowest BCUT2D eigenvalue weighted by atomic mass is 9.95. The number of alkyl halides is 1. The molecule has 1 aromatic carbocycles. The number of nitrogens with zero attached hydrogens (tertiary/aromatic N) is 1. The fourth-order valence-corrected chi connectivity index (χ4v) is 2.43. The van der Waals surface area contributed by atoms with Gasteiger partial charge < -0.3 is 10.2 Å². The highest BCUT2D eigenvalue weighted by Gasteiger charge is 2.28. The zero-order valence-corrected chi connectivity index (χ0v) is 11.5. The van der Waals surface area contributed by atoms with Crippen molar-refractivity contribution in [2.75, 3.05) is 18.0 Å². The van der Waals surface area contributed by atoms with E-state index in [-0.39, 0.29) is 11.8 Å². The molecule has 1 N–H and O–H groups in total. The molecule has 0 saturated carbocycles. The van der Waals surface area contributed by atoms with Gasteiger partial charge in [-0.2, -0.15) is 0 Å². The maximum Gasteiger partial charge on any atom is 0.225 e. The maximum absolute atomic E-state index is 13.4. The highest BCUT2D eigenvalue weighted by molar-refractivity contribution is 5.79. The van der Waals surface area contributed by atoms with Gasteiger partial charge in [-0.25, -0.2) is 4.39 Å². The molecule has 2 rings (SSSR count). The van der Waals surface area contributed by atoms with Gasteiger partial charge in [0, 0.05) is 24.7 Å². The summed E-state index contributed by atoms with van der Waals surface area (Å²) in [5.74, 6) is -1.87. The monoisotopic (exact) mass is 264 g/mol. The van der Waals surface area contributed by atoms with Gasteiger partial charge in [-0.05, 0) is 38.8 Å². The molecule has 0 unspecified atom stereocenters. The first-order valence-corrected chi connectivity index (χ1v) is 6.77. The van der Waals surface area contributed by atoms with Gasteiger partial charge >= 0.3 is 0 Å². The van der Waals surface area contributed by atoms with Crippen molar-refractivity contribution in [1.82, 2.24) is 5.32 Å². The van der Waals surface area contributed by atoms with Crippen LogP contribution in [0.4, 0.5) is 10.1 Å². The summed E-state index contributed by atoms with van der Waals surface area (Å²) in [7, 11) is 0. The van der Waals surface area contributed by atoms with Gasteiger partial charge in [-0.15, -0.1) is 0 Å². The summed E-state index contributed by atoms with van der Waals surface area (Å²) in [4.78, 5) is 14.2. The molecule has 0 aliphatic carbocycles. The lowest BCUT2D eigenvalue weighted by molar-refractivity contribution is -0.129. The summed E-state index contributed by atoms with van der Waals surface area (Å²) in [5.41, 5.74) is 1.19. The number of halogens is 1. The second kappa shape index (κ2) is 5.59. The second-order valence-electron chi connectivity index (χ2n) is 5.56. The van der Waals surface area contributed by atoms with Crippen molar-refractivity contribution in [2.45, 2.75) is 32.5 Å². The zero-order chi connectivity index (χ0) is 13.9. The third-order valence-electron chi connectivity index (χ3n) is 3.41. The number of rotatable bonds is 3. The van der Waals surface area contributed by atoms with Crippen LogP contribution in [0.15, 0.2) is 30.3 Å². The molecule has 4 heteroatoms. The topological polar surface area (TPSA) is 32.3 Å². The lowest BCUT2D eigenvalue weighted by Gasteiger charge is -2.33. The molecule has 104 valence electrons. The predicted octanol–water partition coefficient (Wildman–Crippen LogP) is 2.72. The van der Waals surface area contributed by atoms with Crippen LogP contribution < -0.4 is 10.2 Å². The molecule has 0 bridgehead atoms. The first-order valence-electron chi connectivity index (χ1n) is 6.77. The first-order chi connectivity index (χ1) is 8.96. The third-order valence-corrected chi connectivity index (χ3v) is 3.41. The van der Waals surface area contributed by atoms with Crippen LogP contribution in [-0.4, -0.2) is 24.8 Å². The number of hydrogen-bond acceptors (Lipinski definition) is 2. The van der Waals surface area contributed by atoms with Gasteiger partial charge in [0.2, 0.25) is 5.91 Å². The van der Waals surface area contributed by atoms with E-state index >= 15 is 0 Å². The van der Waals surface area contributed by atoms with E-state index in [9.17, 15) is 9.18 Å². The number of anilines is 1. The van der Waals surface area contributed by atoms with Crippen molar-refractivity contribution in [3.05, 3.63) is 30.3 Å². The van der Waals surface area contributed by atoms with Crippen LogP contribution >= 0.6 is 0 Å². The summed E-state index contributed by atoms with van der Waals surface area (Å²) in [6.07, 6.45) is 1.55. The van der Waals surface area contributed by atoms with Crippen molar-refractivity contribution >= 4 is 11.6 Å². The van der Waals surface area contributed by atoms with Gasteiger partial charge in [0.25, 0.3) is 0 Å². The molecule has 19 heavy (non-hydrogen) atoms. The van der Waals surface area contributed by atoms with Gasteiger partial charge in [0.05, 0.1) is 0 Å². The normalized spacial score (nSPS) is 17.3. The van der Waals surface area contributed by atoms with E-state index in [0.717, 1.165) is 25.9 Å². The molecule has 1 aromatic rings. The Morgan fingerprint density at radius 2 is 1.84 bits per heavy atom. The number of benzene rings is 1. The highest BCUT2D eigenvalue weighted by Crippen LogP contribution is 2.23. The molecule has 0 radical (unpaired) electrons. The molecule has 1 saturated heterocycles. The fraction of sp³-hybridized carbons (Fsp3) is 0.533. The average Bonchev–Trinajstić information content (AvgIpc) is 2.38. The van der Waals surface area contributed by atoms with Gasteiger partial charge in [0.15, 0.2) is 5.79 Å². The van der Waals surface area contributed by atoms with Crippen LogP contribution in [0.5, 0.6) is 0 Å². The minimum absolute atomic E-state index is 0.0741. The number of nitrogens with one attached hydrogen (secondary N) is 1. The molecule has 1 aliphatic rings. The largest absolute Gasteiger partial charge is 0.371 e. The Labute approximate surface area is 113 Å². The minimum Gasteiger partial charge on any atom is -0.371 e. The van der Waals surface area contributed by atoms with Gasteiger partial charge in [0.1, 0.15) is 0 Å². The standard InChI is InChI=1S/C15H21FN2O/c1-15(2,16)17-14(19)12-8-10-18(11-9-12)13-6-4-3-5-7-13/h3-7,12H,8-11H2,1-2H3,(H,17,19). The molecule has 1 fully saturated rings. The van der Waals surface area contributed by atoms with Gasteiger partial charge in [-0.1, -0.05) is 18.2 Å². The van der Waals surface area contributed by atoms with Crippen LogP contribution in [0.3, 0.4) is 0 Å². The molecule has 1 aliphatic heterocycles. The van der Waals surface area contributed by atoms with Crippen LogP contribution in [0, 0.1) is 5.92 Å². The lowest BCUT2D eigenvalue weighted by Crippen LogP contribution is -2.46. The number of amides is 1. The zero-order valence-electron chi connectivity index (χ0n) is 11.5. The van der Waals surface area contributed by atoms with Crippen molar-refractivity contribution < 1.29 is 9.18 Å². The predicted molar refractivity (Wildman–Crippen MR) is 74.7 cm³/mol. The van der Waals surface area contributed by atoms with Gasteiger partial charge in [-0.3, -0.25) is 4.79 Å². The Morgan fingerprint density at radius 1 is 1.26 bits per heavy atom. The average molecular weight is 264 g/mol. The van der Waals surface area contributed by atoms with Crippen LogP contribution in [-0.2, 0) is 4.79 Å². The molecule has 3 nitrogen and oxygen atoms in total. The Bertz CT molecular complexity index is 420. The Morgan fingerprint density at radius 3 is 2.37 bits per heavy atom. The molecule has 0 aromatic heterocycles. The number of piperidine rings is 1. The summed E-state index contributed by atoms with van der Waals surface area (Å²) < 4.78 is 13.4. The smallest absolute Gasteiger partial charge is 0.225 e. The molecule has 1 heterocycles. The minimum atomic E-state index is -1.63. The number of hydrogen-bond donors (Lipinski definition) is 1. The summed E-state index contributed by atoms with van der Waals surface area (Å²) in [6.45, 7) is 4.41. The van der Waals surface area contributed by atoms with Crippen molar-refractivity contribution in [2.24, 2.45) is 5.92 Å². The van der Waals surface area contributed by atoms with Crippen LogP contribution in [0.25, 0.3) is 0 Å². The Balaban J connectivity index is 1.88. The maximum atomic E-state index is 13.4. The van der Waals surface area contributed by atoms with Crippen LogP contribution in [0.1, 0.15) is 26.7 Å². The fourth-order valence-electron chi connectivity index (χ4n) is 2.43. The quantitative estimate of drug-likeness (QED) is 0.851. The van der Waals surface area contributed by atoms with Crippen LogP contribution in [0.2, 0.25) is 0 Å². The third kappa shape index (κ3) is 3.94. The Hall–Kier alpha value is -1.58. The van der Waals surface area contributed by atoms with E-state index in [4.69, 9.17) is 0 Å². The van der Waals surface area contributed by atoms with Crippen molar-refractivity contribution in [3.8, 4) is 0 Å². The molecular formula is C15H21FN2O. The van der Waals surface area contributed by atoms with E-state index in [1.807, 2.05) is 18.2 Å². The highest BCUT2D eigenvalue weighted by atomic mass is 19.1. The van der Waals surface area contributed by atoms with Crippen molar-refractivity contribution in [3.63, 3.8) is 0 Å². The van der Waals surface area contributed by atoms with E-state index in [2.05, 4.69) is 22.3 Å². The Kier molecular flexibility index (Phi) is 4.08. The summed E-state index contributed by atoms with van der Waals surface area (Å²) in [5, 5.41) is 2.42. The van der Waals surface area contributed by atoms with E-state index in [1.54, 1.807) is 0 Å². The van der Waals surface area contributed by atoms with E-state index in [1.165, 1.54) is 19.5 Å². The summed E-state index contributed by atoms with van der Waals surface area (Å²) >= 11 is 0. The molecule has 0 atom stereocenters. The molecule has 0 spiro atoms. The molecule has 1 amide bonds. The van der Waals surface area contributed by atoms with E-state index in [0.29, 0.717) is 0 Å². The van der Waals surface area contributed by atoms with E-state index < -0.39 is 5.79 Å². The number of carbonyl (C=O) groups excluding carboxylic acids is 1. The number of carbonyl (C=O) groups is 1. The summed E-state index contributed by atoms with van der Waals surface area (Å²) in [6, 6.07) is 10.2. The number of para-hydroxylation sites is 1. The SMILES string of the molecule is CC(C)(F)NC(=O)C1CCN(c2ccccc2)CC1. The second-order valence-corrected chi connectivity index (χ2v) is 5.56. The first kappa shape index (κ1) is 13.8. The van der Waals surface area contributed by atoms with Crippen molar-refractivity contribution in [1.29, 1.82) is 0 Å².